The Labute approximate surface area is 129 Å². The lowest BCUT2D eigenvalue weighted by atomic mass is 10.1. The Morgan fingerprint density at radius 1 is 1.19 bits per heavy atom. The van der Waals surface area contributed by atoms with E-state index in [9.17, 15) is 8.78 Å². The molecular formula is C15H12BrF2N3. The summed E-state index contributed by atoms with van der Waals surface area (Å²) < 4.78 is 27.5. The minimum Gasteiger partial charge on any atom is -0.369 e. The molecule has 0 saturated heterocycles. The molecule has 2 aromatic rings. The van der Waals surface area contributed by atoms with E-state index in [1.54, 1.807) is 29.2 Å². The molecule has 0 spiro atoms. The van der Waals surface area contributed by atoms with Gasteiger partial charge in [0.2, 0.25) is 0 Å². The van der Waals surface area contributed by atoms with E-state index in [1.807, 2.05) is 0 Å². The van der Waals surface area contributed by atoms with Gasteiger partial charge in [-0.1, -0.05) is 12.1 Å². The fraction of sp³-hybridized carbons (Fsp3) is 0.133. The van der Waals surface area contributed by atoms with Gasteiger partial charge in [-0.05, 0) is 51.8 Å². The van der Waals surface area contributed by atoms with Crippen molar-refractivity contribution in [2.24, 2.45) is 10.7 Å². The molecule has 0 aromatic heterocycles. The van der Waals surface area contributed by atoms with E-state index in [0.717, 1.165) is 5.56 Å². The predicted octanol–water partition coefficient (Wildman–Crippen LogP) is 3.60. The molecule has 1 heterocycles. The smallest absolute Gasteiger partial charge is 0.196 e. The Bertz CT molecular complexity index is 718. The molecule has 6 heteroatoms. The number of nitrogens with zero attached hydrogens (tertiary/aromatic N) is 2. The summed E-state index contributed by atoms with van der Waals surface area (Å²) in [6.45, 7) is 0.406. The number of hydrogen-bond donors (Lipinski definition) is 1. The van der Waals surface area contributed by atoms with Gasteiger partial charge in [0, 0.05) is 5.69 Å². The van der Waals surface area contributed by atoms with Crippen molar-refractivity contribution in [3.8, 4) is 0 Å². The van der Waals surface area contributed by atoms with E-state index in [-0.39, 0.29) is 17.7 Å². The fourth-order valence-corrected chi connectivity index (χ4v) is 2.66. The highest BCUT2D eigenvalue weighted by molar-refractivity contribution is 9.10. The lowest BCUT2D eigenvalue weighted by Crippen LogP contribution is -2.36. The molecule has 0 amide bonds. The number of guanidine groups is 1. The Morgan fingerprint density at radius 3 is 2.71 bits per heavy atom. The van der Waals surface area contributed by atoms with Crippen molar-refractivity contribution in [3.05, 3.63) is 64.1 Å². The van der Waals surface area contributed by atoms with Crippen LogP contribution < -0.4 is 10.6 Å². The van der Waals surface area contributed by atoms with Crippen LogP contribution in [0, 0.1) is 11.6 Å². The van der Waals surface area contributed by atoms with E-state index in [4.69, 9.17) is 5.73 Å². The van der Waals surface area contributed by atoms with Crippen LogP contribution >= 0.6 is 15.9 Å². The number of nitrogens with two attached hydrogens (primary N) is 1. The lowest BCUT2D eigenvalue weighted by Gasteiger charge is -2.26. The molecule has 108 valence electrons. The van der Waals surface area contributed by atoms with Gasteiger partial charge in [0.25, 0.3) is 0 Å². The van der Waals surface area contributed by atoms with Crippen LogP contribution in [-0.4, -0.2) is 12.5 Å². The second-order valence-electron chi connectivity index (χ2n) is 4.74. The maximum absolute atomic E-state index is 13.7. The zero-order chi connectivity index (χ0) is 15.0. The van der Waals surface area contributed by atoms with Gasteiger partial charge in [-0.25, -0.2) is 8.78 Å². The summed E-state index contributed by atoms with van der Waals surface area (Å²) in [5.41, 5.74) is 7.25. The number of hydrogen-bond acceptors (Lipinski definition) is 3. The Kier molecular flexibility index (Phi) is 3.63. The Hall–Kier alpha value is -1.95. The van der Waals surface area contributed by atoms with Crippen molar-refractivity contribution in [1.29, 1.82) is 0 Å². The first-order valence-electron chi connectivity index (χ1n) is 6.36. The average molecular weight is 352 g/mol. The average Bonchev–Trinajstić information content (AvgIpc) is 2.84. The largest absolute Gasteiger partial charge is 0.369 e. The summed E-state index contributed by atoms with van der Waals surface area (Å²) in [5, 5.41) is 0. The molecule has 1 unspecified atom stereocenters. The van der Waals surface area contributed by atoms with Gasteiger partial charge in [0.15, 0.2) is 5.96 Å². The maximum Gasteiger partial charge on any atom is 0.196 e. The Morgan fingerprint density at radius 2 is 2.00 bits per heavy atom. The van der Waals surface area contributed by atoms with Gasteiger partial charge in [-0.15, -0.1) is 0 Å². The van der Waals surface area contributed by atoms with Crippen LogP contribution in [-0.2, 0) is 0 Å². The summed E-state index contributed by atoms with van der Waals surface area (Å²) in [6, 6.07) is 10.7. The fourth-order valence-electron chi connectivity index (χ4n) is 2.41. The molecule has 0 aliphatic carbocycles. The van der Waals surface area contributed by atoms with Gasteiger partial charge in [0.1, 0.15) is 11.6 Å². The number of halogens is 3. The first kappa shape index (κ1) is 14.0. The summed E-state index contributed by atoms with van der Waals surface area (Å²) >= 11 is 3.13. The minimum atomic E-state index is -0.354. The highest BCUT2D eigenvalue weighted by atomic mass is 79.9. The maximum atomic E-state index is 13.7. The molecule has 3 nitrogen and oxygen atoms in total. The van der Waals surface area contributed by atoms with Gasteiger partial charge in [0.05, 0.1) is 17.1 Å². The van der Waals surface area contributed by atoms with Crippen molar-refractivity contribution in [2.75, 3.05) is 11.4 Å². The molecule has 0 radical (unpaired) electrons. The molecule has 21 heavy (non-hydrogen) atoms. The summed E-state index contributed by atoms with van der Waals surface area (Å²) in [4.78, 5) is 5.91. The van der Waals surface area contributed by atoms with E-state index in [0.29, 0.717) is 22.7 Å². The zero-order valence-electron chi connectivity index (χ0n) is 10.9. The first-order chi connectivity index (χ1) is 10.1. The molecule has 0 fully saturated rings. The SMILES string of the molecule is NC1=NCC(c2ccc(Br)c(F)c2)N1c1cccc(F)c1. The zero-order valence-corrected chi connectivity index (χ0v) is 12.5. The van der Waals surface area contributed by atoms with Crippen molar-refractivity contribution in [3.63, 3.8) is 0 Å². The van der Waals surface area contributed by atoms with Crippen LogP contribution in [0.25, 0.3) is 0 Å². The molecule has 2 N–H and O–H groups in total. The van der Waals surface area contributed by atoms with Crippen LogP contribution in [0.3, 0.4) is 0 Å². The van der Waals surface area contributed by atoms with Crippen LogP contribution in [0.4, 0.5) is 14.5 Å². The highest BCUT2D eigenvalue weighted by Crippen LogP contribution is 2.32. The third-order valence-electron chi connectivity index (χ3n) is 3.40. The van der Waals surface area contributed by atoms with Gasteiger partial charge < -0.3 is 10.6 Å². The van der Waals surface area contributed by atoms with Gasteiger partial charge >= 0.3 is 0 Å². The van der Waals surface area contributed by atoms with Crippen molar-refractivity contribution >= 4 is 27.6 Å². The second-order valence-corrected chi connectivity index (χ2v) is 5.59. The monoisotopic (exact) mass is 351 g/mol. The summed E-state index contributed by atoms with van der Waals surface area (Å²) in [5.74, 6) is -0.404. The van der Waals surface area contributed by atoms with Gasteiger partial charge in [-0.3, -0.25) is 4.99 Å². The number of benzene rings is 2. The molecule has 2 aromatic carbocycles. The van der Waals surface area contributed by atoms with E-state index in [1.165, 1.54) is 18.2 Å². The van der Waals surface area contributed by atoms with Crippen LogP contribution in [0.15, 0.2) is 51.9 Å². The molecule has 1 aliphatic rings. The molecule has 0 bridgehead atoms. The standard InChI is InChI=1S/C15H12BrF2N3/c16-12-5-4-9(6-13(12)18)14-8-20-15(19)21(14)11-3-1-2-10(17)7-11/h1-7,14H,8H2,(H2,19,20). The van der Waals surface area contributed by atoms with Crippen LogP contribution in [0.2, 0.25) is 0 Å². The van der Waals surface area contributed by atoms with Crippen LogP contribution in [0.5, 0.6) is 0 Å². The molecule has 1 aliphatic heterocycles. The van der Waals surface area contributed by atoms with E-state index >= 15 is 0 Å². The lowest BCUT2D eigenvalue weighted by molar-refractivity contribution is 0.614. The summed E-state index contributed by atoms with van der Waals surface area (Å²) in [6.07, 6.45) is 0. The predicted molar refractivity (Wildman–Crippen MR) is 82.2 cm³/mol. The molecule has 3 rings (SSSR count). The molecule has 0 saturated carbocycles. The van der Waals surface area contributed by atoms with Crippen molar-refractivity contribution < 1.29 is 8.78 Å². The normalized spacial score (nSPS) is 18.0. The third kappa shape index (κ3) is 2.63. The first-order valence-corrected chi connectivity index (χ1v) is 7.15. The number of anilines is 1. The minimum absolute atomic E-state index is 0.241. The second kappa shape index (κ2) is 5.44. The number of rotatable bonds is 2. The van der Waals surface area contributed by atoms with Gasteiger partial charge in [-0.2, -0.15) is 0 Å². The number of aliphatic imine (C=N–C) groups is 1. The van der Waals surface area contributed by atoms with E-state index in [2.05, 4.69) is 20.9 Å². The van der Waals surface area contributed by atoms with Crippen molar-refractivity contribution in [2.45, 2.75) is 6.04 Å². The molecule has 1 atom stereocenters. The third-order valence-corrected chi connectivity index (χ3v) is 4.04. The topological polar surface area (TPSA) is 41.6 Å². The summed E-state index contributed by atoms with van der Waals surface area (Å²) in [7, 11) is 0. The highest BCUT2D eigenvalue weighted by Gasteiger charge is 2.29. The Balaban J connectivity index is 2.00. The van der Waals surface area contributed by atoms with Crippen molar-refractivity contribution in [1.82, 2.24) is 0 Å². The van der Waals surface area contributed by atoms with Crippen LogP contribution in [0.1, 0.15) is 11.6 Å². The quantitative estimate of drug-likeness (QED) is 0.897. The van der Waals surface area contributed by atoms with E-state index < -0.39 is 0 Å². The molecular weight excluding hydrogens is 340 g/mol.